The van der Waals surface area contributed by atoms with Gasteiger partial charge in [0.2, 0.25) is 0 Å². The lowest BCUT2D eigenvalue weighted by molar-refractivity contribution is -0.00608. The second kappa shape index (κ2) is 4.52. The first kappa shape index (κ1) is 13.3. The van der Waals surface area contributed by atoms with Gasteiger partial charge in [0, 0.05) is 12.3 Å². The first-order valence-corrected chi connectivity index (χ1v) is 6.27. The van der Waals surface area contributed by atoms with Crippen molar-refractivity contribution in [2.24, 2.45) is 0 Å². The Kier molecular flexibility index (Phi) is 3.35. The number of alkyl halides is 1. The van der Waals surface area contributed by atoms with Crippen LogP contribution in [0.4, 0.5) is 4.39 Å². The molecule has 3 N–H and O–H groups in total. The molecule has 100 valence electrons. The van der Waals surface area contributed by atoms with Gasteiger partial charge in [0.15, 0.2) is 5.67 Å². The number of hydrogen-bond donors (Lipinski definition) is 3. The Balaban J connectivity index is 2.45. The van der Waals surface area contributed by atoms with Crippen molar-refractivity contribution in [3.05, 3.63) is 33.1 Å². The van der Waals surface area contributed by atoms with Crippen LogP contribution in [-0.4, -0.2) is 43.4 Å². The molecule has 0 aliphatic carbocycles. The van der Waals surface area contributed by atoms with Crippen molar-refractivity contribution in [1.29, 1.82) is 0 Å². The molecule has 0 unspecified atom stereocenters. The molecular weight excluding hydrogens is 263 g/mol. The van der Waals surface area contributed by atoms with E-state index in [1.807, 2.05) is 4.98 Å². The van der Waals surface area contributed by atoms with Crippen LogP contribution in [0.5, 0.6) is 0 Å². The maximum Gasteiger partial charge on any atom is 0.329 e. The minimum absolute atomic E-state index is 0.389. The lowest BCUT2D eigenvalue weighted by Crippen LogP contribution is -2.43. The molecule has 4 atom stereocenters. The van der Waals surface area contributed by atoms with Crippen LogP contribution in [0.1, 0.15) is 12.3 Å². The highest BCUT2D eigenvalue weighted by atomic mass is 32.2. The van der Waals surface area contributed by atoms with E-state index in [0.717, 1.165) is 22.4 Å². The quantitative estimate of drug-likeness (QED) is 0.659. The third kappa shape index (κ3) is 2.00. The molecule has 1 aliphatic heterocycles. The van der Waals surface area contributed by atoms with E-state index in [4.69, 9.17) is 5.11 Å². The molecule has 2 heterocycles. The maximum absolute atomic E-state index is 14.4. The predicted molar refractivity (Wildman–Crippen MR) is 64.3 cm³/mol. The molecular formula is C10H13FN2O4S. The summed E-state index contributed by atoms with van der Waals surface area (Å²) in [6.45, 7) is 0.780. The number of H-pyrrole nitrogens is 1. The molecule has 18 heavy (non-hydrogen) atoms. The molecule has 1 fully saturated rings. The van der Waals surface area contributed by atoms with E-state index in [9.17, 15) is 19.1 Å². The van der Waals surface area contributed by atoms with E-state index < -0.39 is 33.6 Å². The van der Waals surface area contributed by atoms with Crippen molar-refractivity contribution in [3.63, 3.8) is 0 Å². The summed E-state index contributed by atoms with van der Waals surface area (Å²) in [5.41, 5.74) is -3.38. The van der Waals surface area contributed by atoms with E-state index in [-0.39, 0.29) is 6.61 Å². The Morgan fingerprint density at radius 2 is 2.28 bits per heavy atom. The summed E-state index contributed by atoms with van der Waals surface area (Å²) in [5, 5.41) is 17.1. The summed E-state index contributed by atoms with van der Waals surface area (Å²) in [7, 11) is 0. The van der Waals surface area contributed by atoms with Crippen molar-refractivity contribution in [1.82, 2.24) is 9.55 Å². The van der Waals surface area contributed by atoms with Crippen molar-refractivity contribution >= 4 is 11.8 Å². The molecule has 6 nitrogen and oxygen atoms in total. The van der Waals surface area contributed by atoms with Crippen molar-refractivity contribution in [3.8, 4) is 0 Å². The zero-order chi connectivity index (χ0) is 13.5. The van der Waals surface area contributed by atoms with Gasteiger partial charge in [0.1, 0.15) is 11.5 Å². The molecule has 0 aromatic carbocycles. The fraction of sp³-hybridized carbons (Fsp3) is 0.600. The molecule has 1 aliphatic rings. The number of rotatable bonds is 2. The van der Waals surface area contributed by atoms with Gasteiger partial charge in [-0.1, -0.05) is 0 Å². The Labute approximate surface area is 105 Å². The largest absolute Gasteiger partial charge is 0.395 e. The smallest absolute Gasteiger partial charge is 0.329 e. The number of aliphatic hydroxyl groups excluding tert-OH is 2. The summed E-state index contributed by atoms with van der Waals surface area (Å²) in [6.07, 6.45) is -0.195. The third-order valence-electron chi connectivity index (χ3n) is 3.00. The van der Waals surface area contributed by atoms with Crippen molar-refractivity contribution < 1.29 is 14.6 Å². The molecule has 0 amide bonds. The van der Waals surface area contributed by atoms with Crippen LogP contribution in [-0.2, 0) is 0 Å². The highest BCUT2D eigenvalue weighted by Crippen LogP contribution is 2.49. The number of nitrogens with zero attached hydrogens (tertiary/aromatic N) is 1. The molecule has 0 saturated carbocycles. The van der Waals surface area contributed by atoms with E-state index in [1.165, 1.54) is 13.1 Å². The molecule has 8 heteroatoms. The third-order valence-corrected chi connectivity index (χ3v) is 4.70. The maximum atomic E-state index is 14.4. The Morgan fingerprint density at radius 3 is 2.78 bits per heavy atom. The first-order chi connectivity index (χ1) is 8.37. The van der Waals surface area contributed by atoms with Gasteiger partial charge in [-0.25, -0.2) is 9.18 Å². The van der Waals surface area contributed by atoms with Crippen LogP contribution >= 0.6 is 11.8 Å². The molecule has 0 radical (unpaired) electrons. The molecule has 1 aromatic rings. The average Bonchev–Trinajstić information content (AvgIpc) is 2.52. The van der Waals surface area contributed by atoms with Crippen LogP contribution in [0, 0.1) is 0 Å². The average molecular weight is 276 g/mol. The van der Waals surface area contributed by atoms with E-state index in [2.05, 4.69) is 0 Å². The molecule has 2 rings (SSSR count). The highest BCUT2D eigenvalue weighted by molar-refractivity contribution is 8.00. The SMILES string of the molecule is C[C@@]1(F)[C@H](O)[C@@H](CO)S[C@@H]1n1ccc(=O)[nH]c1=O. The molecule has 1 saturated heterocycles. The lowest BCUT2D eigenvalue weighted by atomic mass is 9.98. The monoisotopic (exact) mass is 276 g/mol. The molecule has 0 spiro atoms. The Morgan fingerprint density at radius 1 is 1.61 bits per heavy atom. The van der Waals surface area contributed by atoms with Gasteiger partial charge >= 0.3 is 5.69 Å². The van der Waals surface area contributed by atoms with Crippen molar-refractivity contribution in [2.45, 2.75) is 29.3 Å². The normalized spacial score (nSPS) is 35.9. The zero-order valence-corrected chi connectivity index (χ0v) is 10.4. The minimum Gasteiger partial charge on any atom is -0.395 e. The predicted octanol–water partition coefficient (Wildman–Crippen LogP) is -0.768. The summed E-state index contributed by atoms with van der Waals surface area (Å²) in [5.74, 6) is 0. The van der Waals surface area contributed by atoms with Gasteiger partial charge in [-0.05, 0) is 6.92 Å². The van der Waals surface area contributed by atoms with E-state index in [0.29, 0.717) is 0 Å². The summed E-state index contributed by atoms with van der Waals surface area (Å²) in [4.78, 5) is 24.6. The van der Waals surface area contributed by atoms with Crippen LogP contribution in [0.15, 0.2) is 21.9 Å². The van der Waals surface area contributed by atoms with Gasteiger partial charge < -0.3 is 10.2 Å². The number of aromatic amines is 1. The summed E-state index contributed by atoms with van der Waals surface area (Å²) < 4.78 is 15.5. The first-order valence-electron chi connectivity index (χ1n) is 5.32. The molecule has 1 aromatic heterocycles. The number of aliphatic hydroxyl groups is 2. The summed E-state index contributed by atoms with van der Waals surface area (Å²) >= 11 is 0.965. The molecule has 0 bridgehead atoms. The second-order valence-electron chi connectivity index (χ2n) is 4.32. The second-order valence-corrected chi connectivity index (χ2v) is 5.65. The Bertz CT molecular complexity index is 555. The lowest BCUT2D eigenvalue weighted by Gasteiger charge is -2.25. The fourth-order valence-corrected chi connectivity index (χ4v) is 3.51. The van der Waals surface area contributed by atoms with Crippen LogP contribution in [0.3, 0.4) is 0 Å². The highest BCUT2D eigenvalue weighted by Gasteiger charge is 2.54. The number of nitrogens with one attached hydrogen (secondary N) is 1. The minimum atomic E-state index is -2.07. The van der Waals surface area contributed by atoms with Gasteiger partial charge in [-0.3, -0.25) is 14.3 Å². The van der Waals surface area contributed by atoms with Gasteiger partial charge in [0.25, 0.3) is 5.56 Å². The topological polar surface area (TPSA) is 95.3 Å². The van der Waals surface area contributed by atoms with Crippen LogP contribution in [0.25, 0.3) is 0 Å². The van der Waals surface area contributed by atoms with Crippen LogP contribution in [0.2, 0.25) is 0 Å². The summed E-state index contributed by atoms with van der Waals surface area (Å²) in [6, 6.07) is 1.11. The number of halogens is 1. The van der Waals surface area contributed by atoms with E-state index >= 15 is 0 Å². The van der Waals surface area contributed by atoms with Gasteiger partial charge in [-0.15, -0.1) is 11.8 Å². The van der Waals surface area contributed by atoms with E-state index in [1.54, 1.807) is 0 Å². The van der Waals surface area contributed by atoms with Crippen molar-refractivity contribution in [2.75, 3.05) is 6.61 Å². The van der Waals surface area contributed by atoms with Gasteiger partial charge in [0.05, 0.1) is 11.9 Å². The standard InChI is InChI=1S/C10H13FN2O4S/c1-10(11)7(16)5(4-14)18-8(10)13-3-2-6(15)12-9(13)17/h2-3,5,7-8,14,16H,4H2,1H3,(H,12,15,17)/t5-,7-,8+,10-/m1/s1. The zero-order valence-electron chi connectivity index (χ0n) is 9.54. The Hall–Kier alpha value is -1.12. The fourth-order valence-electron chi connectivity index (χ4n) is 1.97. The number of thioether (sulfide) groups is 1. The van der Waals surface area contributed by atoms with Gasteiger partial charge in [-0.2, -0.15) is 0 Å². The van der Waals surface area contributed by atoms with Crippen LogP contribution < -0.4 is 11.2 Å². The number of hydrogen-bond acceptors (Lipinski definition) is 5. The number of aromatic nitrogens is 2.